The molecule has 10 heteroatoms. The van der Waals surface area contributed by atoms with Gasteiger partial charge in [0.2, 0.25) is 0 Å². The van der Waals surface area contributed by atoms with Crippen molar-refractivity contribution in [1.29, 1.82) is 0 Å². The van der Waals surface area contributed by atoms with E-state index >= 15 is 0 Å². The topological polar surface area (TPSA) is 120 Å². The van der Waals surface area contributed by atoms with Gasteiger partial charge >= 0.3 is 0 Å². The molecule has 1 aromatic heterocycles. The fourth-order valence-corrected chi connectivity index (χ4v) is 4.45. The van der Waals surface area contributed by atoms with Crippen molar-refractivity contribution in [3.05, 3.63) is 131 Å². The first kappa shape index (κ1) is 25.8. The number of nitrogens with one attached hydrogen (secondary N) is 1. The van der Waals surface area contributed by atoms with Crippen LogP contribution < -0.4 is 11.4 Å². The molecule has 0 saturated carbocycles. The molecule has 198 valence electrons. The summed E-state index contributed by atoms with van der Waals surface area (Å²) in [6.07, 6.45) is 5.02. The van der Waals surface area contributed by atoms with Gasteiger partial charge in [-0.25, -0.2) is 4.68 Å². The van der Waals surface area contributed by atoms with Crippen LogP contribution in [-0.2, 0) is 25.2 Å². The van der Waals surface area contributed by atoms with E-state index in [2.05, 4.69) is 25.9 Å². The molecular weight excluding hydrogens is 490 g/mol. The second kappa shape index (κ2) is 11.7. The monoisotopic (exact) mass is 521 g/mol. The molecule has 1 aliphatic rings. The second-order valence-electron chi connectivity index (χ2n) is 9.25. The predicted molar refractivity (Wildman–Crippen MR) is 151 cm³/mol. The van der Waals surface area contributed by atoms with Gasteiger partial charge in [-0.1, -0.05) is 96.2 Å². The zero-order valence-corrected chi connectivity index (χ0v) is 21.7. The fourth-order valence-electron chi connectivity index (χ4n) is 4.45. The van der Waals surface area contributed by atoms with Crippen LogP contribution >= 0.6 is 0 Å². The Balaban J connectivity index is 1.49. The molecule has 0 amide bonds. The number of nitrogens with zero attached hydrogens (tertiary/aromatic N) is 7. The van der Waals surface area contributed by atoms with Crippen molar-refractivity contribution in [2.45, 2.75) is 25.2 Å². The number of nitrogens with two attached hydrogens (primary N) is 1. The molecule has 0 radical (unpaired) electrons. The average Bonchev–Trinajstić information content (AvgIpc) is 3.59. The van der Waals surface area contributed by atoms with E-state index in [1.54, 1.807) is 15.9 Å². The number of aromatic nitrogens is 3. The van der Waals surface area contributed by atoms with Gasteiger partial charge in [0.05, 0.1) is 31.5 Å². The lowest BCUT2D eigenvalue weighted by molar-refractivity contribution is 0.0836. The van der Waals surface area contributed by atoms with Crippen molar-refractivity contribution < 1.29 is 5.11 Å². The van der Waals surface area contributed by atoms with E-state index in [1.165, 1.54) is 6.21 Å². The standard InChI is InChI=1S/C29H31N9O/c1-36-28(22-38(35-36)20-25-15-9-4-10-16-25)29(39,26(32-30)18-31-17-23-11-5-2-6-12-23)27-21-37(34-33-27)19-24-13-7-3-8-14-24/h2-16,18,21-22,35,39H,17,19-20,30H2,1H3. The molecule has 1 aliphatic heterocycles. The number of aliphatic imine (C=N–C) groups is 1. The van der Waals surface area contributed by atoms with E-state index in [0.29, 0.717) is 25.3 Å². The van der Waals surface area contributed by atoms with Crippen molar-refractivity contribution in [3.8, 4) is 0 Å². The van der Waals surface area contributed by atoms with Crippen LogP contribution in [0.3, 0.4) is 0 Å². The Morgan fingerprint density at radius 1 is 0.923 bits per heavy atom. The van der Waals surface area contributed by atoms with Crippen LogP contribution in [-0.4, -0.2) is 49.1 Å². The molecule has 4 N–H and O–H groups in total. The summed E-state index contributed by atoms with van der Waals surface area (Å²) in [5.74, 6) is 5.88. The summed E-state index contributed by atoms with van der Waals surface area (Å²) in [6, 6.07) is 29.8. The highest BCUT2D eigenvalue weighted by atomic mass is 16.3. The third-order valence-electron chi connectivity index (χ3n) is 6.42. The van der Waals surface area contributed by atoms with Crippen LogP contribution in [0.5, 0.6) is 0 Å². The lowest BCUT2D eigenvalue weighted by Crippen LogP contribution is -2.47. The van der Waals surface area contributed by atoms with E-state index < -0.39 is 5.60 Å². The summed E-state index contributed by atoms with van der Waals surface area (Å²) in [6.45, 7) is 1.47. The van der Waals surface area contributed by atoms with Crippen molar-refractivity contribution in [1.82, 2.24) is 30.5 Å². The first-order valence-electron chi connectivity index (χ1n) is 12.6. The van der Waals surface area contributed by atoms with Gasteiger partial charge in [-0.15, -0.1) is 10.6 Å². The lowest BCUT2D eigenvalue weighted by Gasteiger charge is -2.30. The number of hydrazone groups is 1. The largest absolute Gasteiger partial charge is 0.372 e. The van der Waals surface area contributed by atoms with E-state index in [4.69, 9.17) is 5.84 Å². The average molecular weight is 522 g/mol. The molecule has 39 heavy (non-hydrogen) atoms. The predicted octanol–water partition coefficient (Wildman–Crippen LogP) is 2.81. The van der Waals surface area contributed by atoms with Crippen LogP contribution in [0.4, 0.5) is 0 Å². The van der Waals surface area contributed by atoms with Gasteiger partial charge in [0.1, 0.15) is 11.4 Å². The molecule has 0 fully saturated rings. The van der Waals surface area contributed by atoms with Gasteiger partial charge in [0.25, 0.3) is 0 Å². The molecule has 3 aromatic carbocycles. The second-order valence-corrected chi connectivity index (χ2v) is 9.25. The minimum atomic E-state index is -1.84. The van der Waals surface area contributed by atoms with Gasteiger partial charge in [-0.3, -0.25) is 15.0 Å². The minimum absolute atomic E-state index is 0.131. The zero-order valence-electron chi connectivity index (χ0n) is 21.7. The van der Waals surface area contributed by atoms with Crippen molar-refractivity contribution in [3.63, 3.8) is 0 Å². The third-order valence-corrected chi connectivity index (χ3v) is 6.42. The van der Waals surface area contributed by atoms with Gasteiger partial charge in [0.15, 0.2) is 5.60 Å². The van der Waals surface area contributed by atoms with Crippen LogP contribution in [0.25, 0.3) is 0 Å². The Labute approximate surface area is 227 Å². The first-order chi connectivity index (χ1) is 19.1. The summed E-state index contributed by atoms with van der Waals surface area (Å²) in [4.78, 5) is 4.53. The Morgan fingerprint density at radius 3 is 2.13 bits per heavy atom. The van der Waals surface area contributed by atoms with Crippen LogP contribution in [0.15, 0.2) is 119 Å². The van der Waals surface area contributed by atoms with Crippen molar-refractivity contribution in [2.75, 3.05) is 7.05 Å². The van der Waals surface area contributed by atoms with E-state index in [1.807, 2.05) is 109 Å². The summed E-state index contributed by atoms with van der Waals surface area (Å²) in [7, 11) is 1.81. The first-order valence-corrected chi connectivity index (χ1v) is 12.6. The number of hydrogen-bond acceptors (Lipinski definition) is 9. The molecule has 1 unspecified atom stereocenters. The Hall–Kier alpha value is -4.80. The lowest BCUT2D eigenvalue weighted by atomic mass is 9.90. The molecule has 4 aromatic rings. The quantitative estimate of drug-likeness (QED) is 0.167. The SMILES string of the molecule is CN1NN(Cc2ccccc2)C=C1C(O)(C(C=NCc1ccccc1)=NN)c1cn(Cc2ccccc2)nn1. The number of benzene rings is 3. The highest BCUT2D eigenvalue weighted by Gasteiger charge is 2.46. The maximum Gasteiger partial charge on any atom is 0.198 e. The zero-order chi connectivity index (χ0) is 27.1. The maximum atomic E-state index is 12.4. The van der Waals surface area contributed by atoms with Gasteiger partial charge in [0, 0.05) is 19.5 Å². The fraction of sp³-hybridized carbons (Fsp3) is 0.172. The van der Waals surface area contributed by atoms with Crippen molar-refractivity contribution in [2.24, 2.45) is 15.9 Å². The maximum absolute atomic E-state index is 12.4. The third kappa shape index (κ3) is 5.87. The van der Waals surface area contributed by atoms with Crippen LogP contribution in [0.2, 0.25) is 0 Å². The Morgan fingerprint density at radius 2 is 1.51 bits per heavy atom. The molecule has 10 nitrogen and oxygen atoms in total. The minimum Gasteiger partial charge on any atom is -0.372 e. The van der Waals surface area contributed by atoms with E-state index in [9.17, 15) is 5.11 Å². The van der Waals surface area contributed by atoms with Crippen LogP contribution in [0.1, 0.15) is 22.4 Å². The molecular formula is C29H31N9O. The number of aliphatic hydroxyl groups is 1. The Kier molecular flexibility index (Phi) is 7.76. The number of likely N-dealkylation sites (N-methyl/N-ethyl adjacent to an activating group) is 1. The van der Waals surface area contributed by atoms with Gasteiger partial charge in [-0.2, -0.15) is 5.10 Å². The molecule has 1 atom stereocenters. The molecule has 0 saturated heterocycles. The van der Waals surface area contributed by atoms with E-state index in [0.717, 1.165) is 16.7 Å². The van der Waals surface area contributed by atoms with Crippen LogP contribution in [0, 0.1) is 0 Å². The van der Waals surface area contributed by atoms with Crippen molar-refractivity contribution >= 4 is 11.9 Å². The highest BCUT2D eigenvalue weighted by molar-refractivity contribution is 6.35. The number of hydrazine groups is 2. The molecule has 0 bridgehead atoms. The summed E-state index contributed by atoms with van der Waals surface area (Å²) < 4.78 is 1.68. The number of rotatable bonds is 10. The Bertz CT molecular complexity index is 1450. The number of hydrogen-bond donors (Lipinski definition) is 3. The smallest absolute Gasteiger partial charge is 0.198 e. The summed E-state index contributed by atoms with van der Waals surface area (Å²) in [5, 5.41) is 28.6. The normalized spacial score (nSPS) is 15.5. The summed E-state index contributed by atoms with van der Waals surface area (Å²) in [5.41, 5.74) is 5.48. The molecule has 2 heterocycles. The highest BCUT2D eigenvalue weighted by Crippen LogP contribution is 2.33. The van der Waals surface area contributed by atoms with Gasteiger partial charge < -0.3 is 10.9 Å². The summed E-state index contributed by atoms with van der Waals surface area (Å²) >= 11 is 0. The van der Waals surface area contributed by atoms with Gasteiger partial charge in [-0.05, 0) is 16.7 Å². The molecule has 5 rings (SSSR count). The molecule has 0 aliphatic carbocycles. The van der Waals surface area contributed by atoms with E-state index in [-0.39, 0.29) is 11.4 Å². The molecule has 0 spiro atoms.